The van der Waals surface area contributed by atoms with Crippen LogP contribution in [0.1, 0.15) is 50.0 Å². The molecule has 0 N–H and O–H groups in total. The molecule has 0 saturated heterocycles. The summed E-state index contributed by atoms with van der Waals surface area (Å²) in [6.07, 6.45) is 0.741. The Morgan fingerprint density at radius 2 is 1.55 bits per heavy atom. The van der Waals surface area contributed by atoms with Gasteiger partial charge in [-0.1, -0.05) is 45.9 Å². The van der Waals surface area contributed by atoms with Gasteiger partial charge in [-0.3, -0.25) is 4.79 Å². The number of rotatable bonds is 8. The second kappa shape index (κ2) is 9.23. The highest BCUT2D eigenvalue weighted by molar-refractivity contribution is 5.91. The number of hydrogen-bond acceptors (Lipinski definition) is 4. The molecular weight excluding hydrogens is 280 g/mol. The molecule has 0 spiro atoms. The van der Waals surface area contributed by atoms with Gasteiger partial charge < -0.3 is 9.47 Å². The third kappa shape index (κ3) is 6.74. The van der Waals surface area contributed by atoms with Crippen molar-refractivity contribution in [2.75, 3.05) is 13.2 Å². The van der Waals surface area contributed by atoms with E-state index >= 15 is 0 Å². The molecule has 1 rings (SSSR count). The van der Waals surface area contributed by atoms with Gasteiger partial charge in [0.2, 0.25) is 0 Å². The number of carbonyl (C=O) groups excluding carboxylic acids is 2. The third-order valence-electron chi connectivity index (χ3n) is 2.96. The fourth-order valence-electron chi connectivity index (χ4n) is 1.83. The summed E-state index contributed by atoms with van der Waals surface area (Å²) in [6, 6.07) is 7.24. The quantitative estimate of drug-likeness (QED) is 0.688. The van der Waals surface area contributed by atoms with Crippen molar-refractivity contribution in [1.29, 1.82) is 0 Å². The molecule has 0 aliphatic heterocycles. The predicted molar refractivity (Wildman–Crippen MR) is 85.7 cm³/mol. The highest BCUT2D eigenvalue weighted by Gasteiger charge is 2.14. The van der Waals surface area contributed by atoms with Crippen molar-refractivity contribution in [2.24, 2.45) is 11.8 Å². The minimum Gasteiger partial charge on any atom is -0.465 e. The second-order valence-corrected chi connectivity index (χ2v) is 6.23. The van der Waals surface area contributed by atoms with Gasteiger partial charge in [-0.15, -0.1) is 0 Å². The molecule has 0 aliphatic carbocycles. The van der Waals surface area contributed by atoms with Gasteiger partial charge in [0.25, 0.3) is 0 Å². The SMILES string of the molecule is CC(C)COC(=O)CCc1ccccc1C(=O)OCC(C)C. The van der Waals surface area contributed by atoms with E-state index in [0.717, 1.165) is 5.56 Å². The van der Waals surface area contributed by atoms with Crippen LogP contribution in [-0.2, 0) is 20.7 Å². The lowest BCUT2D eigenvalue weighted by molar-refractivity contribution is -0.144. The van der Waals surface area contributed by atoms with E-state index in [2.05, 4.69) is 0 Å². The van der Waals surface area contributed by atoms with Crippen LogP contribution in [0.2, 0.25) is 0 Å². The van der Waals surface area contributed by atoms with Crippen molar-refractivity contribution in [3.63, 3.8) is 0 Å². The van der Waals surface area contributed by atoms with Gasteiger partial charge >= 0.3 is 11.9 Å². The Balaban J connectivity index is 2.60. The number of hydrogen-bond donors (Lipinski definition) is 0. The summed E-state index contributed by atoms with van der Waals surface area (Å²) < 4.78 is 10.4. The molecular formula is C18H26O4. The van der Waals surface area contributed by atoms with Crippen LogP contribution in [0.25, 0.3) is 0 Å². The molecule has 4 heteroatoms. The van der Waals surface area contributed by atoms with E-state index in [0.29, 0.717) is 37.0 Å². The Bertz CT molecular complexity index is 492. The smallest absolute Gasteiger partial charge is 0.338 e. The molecule has 1 aromatic carbocycles. The Morgan fingerprint density at radius 1 is 0.955 bits per heavy atom. The summed E-state index contributed by atoms with van der Waals surface area (Å²) in [6.45, 7) is 8.79. The maximum absolute atomic E-state index is 12.1. The van der Waals surface area contributed by atoms with Crippen LogP contribution in [-0.4, -0.2) is 25.2 Å². The van der Waals surface area contributed by atoms with Crippen molar-refractivity contribution < 1.29 is 19.1 Å². The molecule has 22 heavy (non-hydrogen) atoms. The summed E-state index contributed by atoms with van der Waals surface area (Å²) >= 11 is 0. The van der Waals surface area contributed by atoms with Crippen LogP contribution in [0.3, 0.4) is 0 Å². The first-order valence-electron chi connectivity index (χ1n) is 7.80. The molecule has 1 aromatic rings. The van der Waals surface area contributed by atoms with Crippen LogP contribution in [0.15, 0.2) is 24.3 Å². The fraction of sp³-hybridized carbons (Fsp3) is 0.556. The van der Waals surface area contributed by atoms with Crippen LogP contribution in [0.5, 0.6) is 0 Å². The summed E-state index contributed by atoms with van der Waals surface area (Å²) in [5.41, 5.74) is 1.34. The van der Waals surface area contributed by atoms with E-state index in [1.807, 2.05) is 39.8 Å². The Morgan fingerprint density at radius 3 is 2.18 bits per heavy atom. The highest BCUT2D eigenvalue weighted by atomic mass is 16.5. The summed E-state index contributed by atoms with van der Waals surface area (Å²) in [7, 11) is 0. The zero-order chi connectivity index (χ0) is 16.5. The Hall–Kier alpha value is -1.84. The van der Waals surface area contributed by atoms with Gasteiger partial charge in [0.15, 0.2) is 0 Å². The molecule has 0 radical (unpaired) electrons. The van der Waals surface area contributed by atoms with Crippen molar-refractivity contribution >= 4 is 11.9 Å². The lowest BCUT2D eigenvalue weighted by atomic mass is 10.0. The third-order valence-corrected chi connectivity index (χ3v) is 2.96. The Kier molecular flexibility index (Phi) is 7.64. The van der Waals surface area contributed by atoms with Gasteiger partial charge in [0.05, 0.1) is 18.8 Å². The maximum Gasteiger partial charge on any atom is 0.338 e. The summed E-state index contributed by atoms with van der Waals surface area (Å²) in [5, 5.41) is 0. The molecule has 0 saturated carbocycles. The number of benzene rings is 1. The molecule has 0 amide bonds. The zero-order valence-corrected chi connectivity index (χ0v) is 13.9. The molecule has 0 unspecified atom stereocenters. The van der Waals surface area contributed by atoms with Gasteiger partial charge in [0.1, 0.15) is 0 Å². The molecule has 4 nitrogen and oxygen atoms in total. The zero-order valence-electron chi connectivity index (χ0n) is 13.9. The standard InChI is InChI=1S/C18H26O4/c1-13(2)11-21-17(19)10-9-15-7-5-6-8-16(15)18(20)22-12-14(3)4/h5-8,13-14H,9-12H2,1-4H3. The minimum absolute atomic E-state index is 0.237. The molecule has 0 aromatic heterocycles. The number of aryl methyl sites for hydroxylation is 1. The van der Waals surface area contributed by atoms with Crippen LogP contribution in [0.4, 0.5) is 0 Å². The van der Waals surface area contributed by atoms with E-state index in [1.54, 1.807) is 12.1 Å². The van der Waals surface area contributed by atoms with Gasteiger partial charge in [-0.05, 0) is 29.9 Å². The van der Waals surface area contributed by atoms with Crippen molar-refractivity contribution in [2.45, 2.75) is 40.5 Å². The maximum atomic E-state index is 12.1. The largest absolute Gasteiger partial charge is 0.465 e. The molecule has 0 bridgehead atoms. The van der Waals surface area contributed by atoms with E-state index < -0.39 is 0 Å². The molecule has 122 valence electrons. The monoisotopic (exact) mass is 306 g/mol. The lowest BCUT2D eigenvalue weighted by Gasteiger charge is -2.11. The molecule has 0 heterocycles. The van der Waals surface area contributed by atoms with Crippen LogP contribution >= 0.6 is 0 Å². The fourth-order valence-corrected chi connectivity index (χ4v) is 1.83. The Labute approximate surface area is 132 Å². The second-order valence-electron chi connectivity index (χ2n) is 6.23. The first-order valence-corrected chi connectivity index (χ1v) is 7.80. The first-order chi connectivity index (χ1) is 10.4. The minimum atomic E-state index is -0.333. The highest BCUT2D eigenvalue weighted by Crippen LogP contribution is 2.14. The normalized spacial score (nSPS) is 10.8. The van der Waals surface area contributed by atoms with Gasteiger partial charge in [-0.2, -0.15) is 0 Å². The number of ether oxygens (including phenoxy) is 2. The van der Waals surface area contributed by atoms with Crippen molar-refractivity contribution in [3.05, 3.63) is 35.4 Å². The van der Waals surface area contributed by atoms with E-state index in [9.17, 15) is 9.59 Å². The predicted octanol–water partition coefficient (Wildman–Crippen LogP) is 3.63. The van der Waals surface area contributed by atoms with Crippen LogP contribution in [0, 0.1) is 11.8 Å². The van der Waals surface area contributed by atoms with E-state index in [4.69, 9.17) is 9.47 Å². The summed E-state index contributed by atoms with van der Waals surface area (Å²) in [5.74, 6) is 0.0447. The topological polar surface area (TPSA) is 52.6 Å². The molecule has 0 fully saturated rings. The number of carbonyl (C=O) groups is 2. The first kappa shape index (κ1) is 18.2. The molecule has 0 aliphatic rings. The average Bonchev–Trinajstić information content (AvgIpc) is 2.48. The van der Waals surface area contributed by atoms with Gasteiger partial charge in [0, 0.05) is 6.42 Å². The van der Waals surface area contributed by atoms with Crippen molar-refractivity contribution in [1.82, 2.24) is 0 Å². The van der Waals surface area contributed by atoms with E-state index in [-0.39, 0.29) is 18.4 Å². The number of esters is 2. The van der Waals surface area contributed by atoms with Crippen molar-refractivity contribution in [3.8, 4) is 0 Å². The van der Waals surface area contributed by atoms with Gasteiger partial charge in [-0.25, -0.2) is 4.79 Å². The average molecular weight is 306 g/mol. The summed E-state index contributed by atoms with van der Waals surface area (Å²) in [4.78, 5) is 23.8. The van der Waals surface area contributed by atoms with Crippen LogP contribution < -0.4 is 0 Å². The van der Waals surface area contributed by atoms with E-state index in [1.165, 1.54) is 0 Å². The molecule has 0 atom stereocenters. The lowest BCUT2D eigenvalue weighted by Crippen LogP contribution is -2.14.